The SMILES string of the molecule is CC(NC(=O)c1cc(C(F)(F)F)cc(C(F)(F)F)c1)c1nc(S(C)(=O)=O)nn1-c1ncccn1. The summed E-state index contributed by atoms with van der Waals surface area (Å²) in [5.41, 5.74) is -4.25. The molecule has 0 radical (unpaired) electrons. The fourth-order valence-electron chi connectivity index (χ4n) is 2.72. The second-order valence-corrected chi connectivity index (χ2v) is 8.88. The third-order valence-electron chi connectivity index (χ3n) is 4.27. The molecular weight excluding hydrogens is 494 g/mol. The van der Waals surface area contributed by atoms with Crippen LogP contribution in [0.15, 0.2) is 41.8 Å². The van der Waals surface area contributed by atoms with Gasteiger partial charge in [0.1, 0.15) is 0 Å². The van der Waals surface area contributed by atoms with E-state index in [4.69, 9.17) is 0 Å². The highest BCUT2D eigenvalue weighted by molar-refractivity contribution is 7.90. The Morgan fingerprint density at radius 2 is 1.53 bits per heavy atom. The monoisotopic (exact) mass is 508 g/mol. The van der Waals surface area contributed by atoms with Crippen LogP contribution in [-0.4, -0.2) is 45.3 Å². The third kappa shape index (κ3) is 5.49. The highest BCUT2D eigenvalue weighted by Gasteiger charge is 2.37. The Balaban J connectivity index is 2.02. The van der Waals surface area contributed by atoms with Crippen LogP contribution in [0.1, 0.15) is 40.3 Å². The molecule has 1 amide bonds. The van der Waals surface area contributed by atoms with Gasteiger partial charge in [0.2, 0.25) is 9.84 Å². The van der Waals surface area contributed by atoms with E-state index < -0.39 is 56.0 Å². The van der Waals surface area contributed by atoms with Gasteiger partial charge in [-0.25, -0.2) is 18.4 Å². The van der Waals surface area contributed by atoms with Gasteiger partial charge < -0.3 is 5.32 Å². The molecule has 0 aliphatic carbocycles. The lowest BCUT2D eigenvalue weighted by molar-refractivity contribution is -0.143. The lowest BCUT2D eigenvalue weighted by Gasteiger charge is -2.16. The zero-order valence-electron chi connectivity index (χ0n) is 17.2. The molecule has 0 bridgehead atoms. The van der Waals surface area contributed by atoms with Gasteiger partial charge in [-0.05, 0) is 31.2 Å². The molecule has 16 heteroatoms. The van der Waals surface area contributed by atoms with Gasteiger partial charge in [-0.15, -0.1) is 5.10 Å². The number of nitrogens with one attached hydrogen (secondary N) is 1. The van der Waals surface area contributed by atoms with E-state index in [0.717, 1.165) is 10.9 Å². The van der Waals surface area contributed by atoms with Crippen LogP contribution in [0.3, 0.4) is 0 Å². The summed E-state index contributed by atoms with van der Waals surface area (Å²) < 4.78 is 103. The summed E-state index contributed by atoms with van der Waals surface area (Å²) in [6, 6.07) is 0.647. The fourth-order valence-corrected chi connectivity index (χ4v) is 3.21. The fraction of sp³-hybridized carbons (Fsp3) is 0.278. The minimum atomic E-state index is -5.14. The van der Waals surface area contributed by atoms with Crippen LogP contribution in [0.4, 0.5) is 26.3 Å². The number of amides is 1. The first-order chi connectivity index (χ1) is 15.6. The summed E-state index contributed by atoms with van der Waals surface area (Å²) in [5.74, 6) is -1.67. The molecule has 0 fully saturated rings. The summed E-state index contributed by atoms with van der Waals surface area (Å²) in [7, 11) is -3.93. The van der Waals surface area contributed by atoms with Crippen molar-refractivity contribution in [2.45, 2.75) is 30.5 Å². The second-order valence-electron chi connectivity index (χ2n) is 6.98. The Hall–Kier alpha value is -3.56. The number of hydrogen-bond acceptors (Lipinski definition) is 7. The average molecular weight is 508 g/mol. The maximum Gasteiger partial charge on any atom is 0.416 e. The molecule has 0 aliphatic heterocycles. The summed E-state index contributed by atoms with van der Waals surface area (Å²) in [6.45, 7) is 1.27. The van der Waals surface area contributed by atoms with E-state index in [9.17, 15) is 39.6 Å². The molecule has 34 heavy (non-hydrogen) atoms. The summed E-state index contributed by atoms with van der Waals surface area (Å²) in [4.78, 5) is 24.2. The molecule has 0 aliphatic rings. The van der Waals surface area contributed by atoms with E-state index in [1.165, 1.54) is 25.4 Å². The minimum absolute atomic E-state index is 0.109. The maximum atomic E-state index is 13.1. The van der Waals surface area contributed by atoms with Crippen molar-refractivity contribution in [1.82, 2.24) is 30.0 Å². The molecular formula is C18H14F6N6O3S. The average Bonchev–Trinajstić information content (AvgIpc) is 3.19. The van der Waals surface area contributed by atoms with Crippen LogP contribution in [0, 0.1) is 0 Å². The van der Waals surface area contributed by atoms with Gasteiger partial charge in [-0.1, -0.05) is 0 Å². The summed E-state index contributed by atoms with van der Waals surface area (Å²) in [5, 5.41) is 5.33. The number of carbonyl (C=O) groups is 1. The van der Waals surface area contributed by atoms with Crippen molar-refractivity contribution in [3.8, 4) is 5.95 Å². The normalized spacial score (nSPS) is 13.5. The molecule has 3 rings (SSSR count). The van der Waals surface area contributed by atoms with Crippen molar-refractivity contribution in [2.75, 3.05) is 6.26 Å². The van der Waals surface area contributed by atoms with Crippen LogP contribution in [0.2, 0.25) is 0 Å². The number of sulfone groups is 1. The first-order valence-electron chi connectivity index (χ1n) is 9.12. The van der Waals surface area contributed by atoms with Gasteiger partial charge in [0.05, 0.1) is 17.2 Å². The molecule has 0 saturated carbocycles. The quantitative estimate of drug-likeness (QED) is 0.526. The number of carbonyl (C=O) groups excluding carboxylic acids is 1. The Morgan fingerprint density at radius 1 is 1.00 bits per heavy atom. The number of benzene rings is 1. The van der Waals surface area contributed by atoms with Crippen LogP contribution in [-0.2, 0) is 22.2 Å². The van der Waals surface area contributed by atoms with Gasteiger partial charge in [-0.2, -0.15) is 36.0 Å². The Morgan fingerprint density at radius 3 is 2.00 bits per heavy atom. The van der Waals surface area contributed by atoms with Crippen molar-refractivity contribution >= 4 is 15.7 Å². The topological polar surface area (TPSA) is 120 Å². The molecule has 1 N–H and O–H groups in total. The first kappa shape index (κ1) is 25.1. The standard InChI is InChI=1S/C18H14F6N6O3S/c1-9(13-28-16(34(2,32)33)29-30(13)15-25-4-3-5-26-15)27-14(31)10-6-11(17(19,20)21)8-12(7-10)18(22,23)24/h3-9H,1-2H3,(H,27,31). The van der Waals surface area contributed by atoms with Crippen molar-refractivity contribution in [3.05, 3.63) is 59.2 Å². The number of hydrogen-bond donors (Lipinski definition) is 1. The van der Waals surface area contributed by atoms with Gasteiger partial charge >= 0.3 is 12.4 Å². The van der Waals surface area contributed by atoms with E-state index in [2.05, 4.69) is 25.4 Å². The number of halogens is 6. The van der Waals surface area contributed by atoms with Gasteiger partial charge in [0, 0.05) is 24.2 Å². The van der Waals surface area contributed by atoms with E-state index >= 15 is 0 Å². The zero-order chi connectivity index (χ0) is 25.5. The van der Waals surface area contributed by atoms with Crippen LogP contribution >= 0.6 is 0 Å². The number of nitrogens with zero attached hydrogens (tertiary/aromatic N) is 5. The Kier molecular flexibility index (Phi) is 6.38. The van der Waals surface area contributed by atoms with E-state index in [1.807, 2.05) is 0 Å². The predicted octanol–water partition coefficient (Wildman–Crippen LogP) is 2.99. The second kappa shape index (κ2) is 8.66. The van der Waals surface area contributed by atoms with Gasteiger partial charge in [0.15, 0.2) is 5.82 Å². The molecule has 1 unspecified atom stereocenters. The predicted molar refractivity (Wildman–Crippen MR) is 102 cm³/mol. The van der Waals surface area contributed by atoms with E-state index in [0.29, 0.717) is 0 Å². The summed E-state index contributed by atoms with van der Waals surface area (Å²) >= 11 is 0. The van der Waals surface area contributed by atoms with Crippen LogP contribution < -0.4 is 5.32 Å². The molecule has 1 atom stereocenters. The molecule has 2 heterocycles. The molecule has 1 aromatic carbocycles. The number of rotatable bonds is 5. The lowest BCUT2D eigenvalue weighted by atomic mass is 10.0. The zero-order valence-corrected chi connectivity index (χ0v) is 18.0. The Bertz CT molecular complexity index is 1290. The van der Waals surface area contributed by atoms with E-state index in [-0.39, 0.29) is 30.0 Å². The molecule has 9 nitrogen and oxygen atoms in total. The molecule has 0 spiro atoms. The van der Waals surface area contributed by atoms with Gasteiger partial charge in [0.25, 0.3) is 17.0 Å². The molecule has 3 aromatic rings. The minimum Gasteiger partial charge on any atom is -0.342 e. The van der Waals surface area contributed by atoms with Crippen molar-refractivity contribution < 1.29 is 39.6 Å². The third-order valence-corrected chi connectivity index (χ3v) is 5.11. The molecule has 0 saturated heterocycles. The lowest BCUT2D eigenvalue weighted by Crippen LogP contribution is -2.29. The van der Waals surface area contributed by atoms with Crippen molar-refractivity contribution in [3.63, 3.8) is 0 Å². The highest BCUT2D eigenvalue weighted by atomic mass is 32.2. The smallest absolute Gasteiger partial charge is 0.342 e. The number of aromatic nitrogens is 5. The molecule has 182 valence electrons. The first-order valence-corrected chi connectivity index (χ1v) is 11.0. The van der Waals surface area contributed by atoms with E-state index in [1.54, 1.807) is 0 Å². The Labute approximate surface area is 187 Å². The van der Waals surface area contributed by atoms with Gasteiger partial charge in [-0.3, -0.25) is 4.79 Å². The van der Waals surface area contributed by atoms with Crippen LogP contribution in [0.5, 0.6) is 0 Å². The summed E-state index contributed by atoms with van der Waals surface area (Å²) in [6.07, 6.45) is -6.86. The maximum absolute atomic E-state index is 13.1. The largest absolute Gasteiger partial charge is 0.416 e. The van der Waals surface area contributed by atoms with Crippen molar-refractivity contribution in [2.24, 2.45) is 0 Å². The highest BCUT2D eigenvalue weighted by Crippen LogP contribution is 2.36. The number of alkyl halides is 6. The van der Waals surface area contributed by atoms with Crippen molar-refractivity contribution in [1.29, 1.82) is 0 Å². The molecule has 2 aromatic heterocycles. The van der Waals surface area contributed by atoms with Crippen LogP contribution in [0.25, 0.3) is 5.95 Å².